The van der Waals surface area contributed by atoms with E-state index in [1.165, 1.54) is 18.4 Å². The van der Waals surface area contributed by atoms with Crippen molar-refractivity contribution >= 4 is 0 Å². The average Bonchev–Trinajstić information content (AvgIpc) is 2.39. The Morgan fingerprint density at radius 3 is 2.44 bits per heavy atom. The van der Waals surface area contributed by atoms with Gasteiger partial charge in [0.05, 0.1) is 6.10 Å². The van der Waals surface area contributed by atoms with Gasteiger partial charge in [0.25, 0.3) is 0 Å². The lowest BCUT2D eigenvalue weighted by atomic mass is 9.58. The van der Waals surface area contributed by atoms with Gasteiger partial charge < -0.3 is 10.0 Å². The summed E-state index contributed by atoms with van der Waals surface area (Å²) < 4.78 is 0. The van der Waals surface area contributed by atoms with Crippen LogP contribution in [-0.4, -0.2) is 36.2 Å². The zero-order valence-electron chi connectivity index (χ0n) is 11.3. The van der Waals surface area contributed by atoms with Gasteiger partial charge in [0.2, 0.25) is 0 Å². The van der Waals surface area contributed by atoms with E-state index in [0.29, 0.717) is 23.8 Å². The van der Waals surface area contributed by atoms with Crippen LogP contribution in [0.5, 0.6) is 0 Å². The molecule has 2 bridgehead atoms. The zero-order chi connectivity index (χ0) is 12.7. The van der Waals surface area contributed by atoms with Crippen LogP contribution in [0.1, 0.15) is 30.7 Å². The molecule has 0 amide bonds. The molecule has 0 aromatic heterocycles. The molecule has 4 rings (SSSR count). The first-order chi connectivity index (χ1) is 8.68. The number of aliphatic hydroxyl groups excluding tert-OH is 1. The van der Waals surface area contributed by atoms with Crippen LogP contribution in [0.2, 0.25) is 0 Å². The molecule has 3 aliphatic carbocycles. The number of aliphatic hydroxyl groups is 1. The van der Waals surface area contributed by atoms with Crippen LogP contribution in [-0.2, 0) is 0 Å². The van der Waals surface area contributed by atoms with Crippen LogP contribution in [0.15, 0.2) is 30.3 Å². The molecule has 0 heterocycles. The molecule has 98 valence electrons. The van der Waals surface area contributed by atoms with E-state index in [2.05, 4.69) is 49.3 Å². The number of fused-ring (bicyclic) bond motifs is 3. The quantitative estimate of drug-likeness (QED) is 0.865. The molecular formula is C16H23NO. The van der Waals surface area contributed by atoms with E-state index < -0.39 is 0 Å². The van der Waals surface area contributed by atoms with Crippen molar-refractivity contribution in [2.75, 3.05) is 14.1 Å². The predicted octanol–water partition coefficient (Wildman–Crippen LogP) is 2.49. The second-order valence-corrected chi connectivity index (χ2v) is 6.20. The predicted molar refractivity (Wildman–Crippen MR) is 73.5 cm³/mol. The fourth-order valence-electron chi connectivity index (χ4n) is 4.32. The van der Waals surface area contributed by atoms with Gasteiger partial charge in [-0.05, 0) is 44.8 Å². The Labute approximate surface area is 110 Å². The Morgan fingerprint density at radius 2 is 1.83 bits per heavy atom. The van der Waals surface area contributed by atoms with E-state index in [1.54, 1.807) is 0 Å². The summed E-state index contributed by atoms with van der Waals surface area (Å²) in [6.45, 7) is 0. The second-order valence-electron chi connectivity index (χ2n) is 6.20. The maximum absolute atomic E-state index is 10.3. The van der Waals surface area contributed by atoms with E-state index >= 15 is 0 Å². The highest BCUT2D eigenvalue weighted by atomic mass is 16.3. The average molecular weight is 245 g/mol. The Balaban J connectivity index is 1.97. The van der Waals surface area contributed by atoms with E-state index in [1.807, 2.05) is 0 Å². The van der Waals surface area contributed by atoms with E-state index in [4.69, 9.17) is 0 Å². The third-order valence-corrected chi connectivity index (χ3v) is 5.00. The van der Waals surface area contributed by atoms with Gasteiger partial charge in [0, 0.05) is 17.9 Å². The van der Waals surface area contributed by atoms with Gasteiger partial charge in [-0.2, -0.15) is 0 Å². The molecule has 5 atom stereocenters. The minimum Gasteiger partial charge on any atom is -0.393 e. The summed E-state index contributed by atoms with van der Waals surface area (Å²) in [7, 11) is 4.32. The standard InChI is InChI=1S/C16H23NO/c1-17(2)16-13-9-8-12(10-14(13)18)15(16)11-6-4-3-5-7-11/h3-7,12-16,18H,8-10H2,1-2H3/t12-,13+,14-,15+,16+/m0/s1. The Hall–Kier alpha value is -0.860. The SMILES string of the molecule is CN(C)[C@@H]1[C@@H]2CC[C@@H](C[C@@H]2O)[C@H]1c1ccccc1. The normalized spacial score (nSPS) is 39.2. The van der Waals surface area contributed by atoms with Crippen LogP contribution in [0, 0.1) is 11.8 Å². The smallest absolute Gasteiger partial charge is 0.0586 e. The Kier molecular flexibility index (Phi) is 3.16. The lowest BCUT2D eigenvalue weighted by Crippen LogP contribution is -2.55. The van der Waals surface area contributed by atoms with Gasteiger partial charge in [-0.3, -0.25) is 0 Å². The van der Waals surface area contributed by atoms with Gasteiger partial charge in [-0.15, -0.1) is 0 Å². The van der Waals surface area contributed by atoms with Gasteiger partial charge >= 0.3 is 0 Å². The van der Waals surface area contributed by atoms with E-state index in [9.17, 15) is 5.11 Å². The number of hydrogen-bond acceptors (Lipinski definition) is 2. The molecule has 0 unspecified atom stereocenters. The van der Waals surface area contributed by atoms with Gasteiger partial charge in [-0.25, -0.2) is 0 Å². The lowest BCUT2D eigenvalue weighted by Gasteiger charge is -2.53. The van der Waals surface area contributed by atoms with Crippen LogP contribution >= 0.6 is 0 Å². The second kappa shape index (κ2) is 4.67. The van der Waals surface area contributed by atoms with Crippen molar-refractivity contribution < 1.29 is 5.11 Å². The van der Waals surface area contributed by atoms with Gasteiger partial charge in [-0.1, -0.05) is 30.3 Å². The molecule has 0 radical (unpaired) electrons. The number of rotatable bonds is 2. The number of benzene rings is 1. The molecule has 18 heavy (non-hydrogen) atoms. The summed E-state index contributed by atoms with van der Waals surface area (Å²) in [5.74, 6) is 1.71. The Bertz CT molecular complexity index is 403. The maximum Gasteiger partial charge on any atom is 0.0586 e. The van der Waals surface area contributed by atoms with Crippen molar-refractivity contribution in [1.29, 1.82) is 0 Å². The monoisotopic (exact) mass is 245 g/mol. The fraction of sp³-hybridized carbons (Fsp3) is 0.625. The molecule has 0 aliphatic heterocycles. The highest BCUT2D eigenvalue weighted by Crippen LogP contribution is 2.51. The maximum atomic E-state index is 10.3. The van der Waals surface area contributed by atoms with E-state index in [0.717, 1.165) is 6.42 Å². The number of likely N-dealkylation sites (N-methyl/N-ethyl adjacent to an activating group) is 1. The summed E-state index contributed by atoms with van der Waals surface area (Å²) in [4.78, 5) is 2.33. The van der Waals surface area contributed by atoms with Crippen molar-refractivity contribution in [3.8, 4) is 0 Å². The molecule has 2 heteroatoms. The molecule has 1 aromatic carbocycles. The molecule has 3 aliphatic rings. The summed E-state index contributed by atoms with van der Waals surface area (Å²) in [6, 6.07) is 11.4. The van der Waals surface area contributed by atoms with Crippen LogP contribution in [0.25, 0.3) is 0 Å². The molecule has 2 nitrogen and oxygen atoms in total. The molecule has 0 saturated heterocycles. The van der Waals surface area contributed by atoms with Crippen molar-refractivity contribution in [3.63, 3.8) is 0 Å². The molecular weight excluding hydrogens is 222 g/mol. The first-order valence-electron chi connectivity index (χ1n) is 7.08. The highest BCUT2D eigenvalue weighted by molar-refractivity contribution is 5.25. The van der Waals surface area contributed by atoms with Gasteiger partial charge in [0.1, 0.15) is 0 Å². The Morgan fingerprint density at radius 1 is 1.11 bits per heavy atom. The molecule has 3 saturated carbocycles. The summed E-state index contributed by atoms with van der Waals surface area (Å²) in [5, 5.41) is 10.3. The highest BCUT2D eigenvalue weighted by Gasteiger charge is 2.49. The van der Waals surface area contributed by atoms with Crippen molar-refractivity contribution in [2.24, 2.45) is 11.8 Å². The van der Waals surface area contributed by atoms with Crippen LogP contribution < -0.4 is 0 Å². The minimum atomic E-state index is -0.0869. The number of hydrogen-bond donors (Lipinski definition) is 1. The minimum absolute atomic E-state index is 0.0869. The van der Waals surface area contributed by atoms with Crippen LogP contribution in [0.4, 0.5) is 0 Å². The topological polar surface area (TPSA) is 23.5 Å². The third-order valence-electron chi connectivity index (χ3n) is 5.00. The number of nitrogens with zero attached hydrogens (tertiary/aromatic N) is 1. The fourth-order valence-corrected chi connectivity index (χ4v) is 4.32. The van der Waals surface area contributed by atoms with Crippen molar-refractivity contribution in [3.05, 3.63) is 35.9 Å². The first kappa shape index (κ1) is 12.2. The molecule has 1 N–H and O–H groups in total. The summed E-state index contributed by atoms with van der Waals surface area (Å²) >= 11 is 0. The first-order valence-corrected chi connectivity index (χ1v) is 7.08. The van der Waals surface area contributed by atoms with Crippen LogP contribution in [0.3, 0.4) is 0 Å². The largest absolute Gasteiger partial charge is 0.393 e. The lowest BCUT2D eigenvalue weighted by molar-refractivity contribution is -0.0620. The van der Waals surface area contributed by atoms with Gasteiger partial charge in [0.15, 0.2) is 0 Å². The van der Waals surface area contributed by atoms with E-state index in [-0.39, 0.29) is 6.10 Å². The third kappa shape index (κ3) is 1.88. The summed E-state index contributed by atoms with van der Waals surface area (Å²) in [6.07, 6.45) is 3.38. The molecule has 0 spiro atoms. The zero-order valence-corrected chi connectivity index (χ0v) is 11.3. The molecule has 1 aromatic rings. The summed E-state index contributed by atoms with van der Waals surface area (Å²) in [5.41, 5.74) is 1.46. The van der Waals surface area contributed by atoms with Crippen molar-refractivity contribution in [2.45, 2.75) is 37.3 Å². The molecule has 3 fully saturated rings. The van der Waals surface area contributed by atoms with Crippen molar-refractivity contribution in [1.82, 2.24) is 4.90 Å².